The van der Waals surface area contributed by atoms with Crippen LogP contribution >= 0.6 is 11.8 Å². The summed E-state index contributed by atoms with van der Waals surface area (Å²) in [5.74, 6) is 2.12. The second-order valence-electron chi connectivity index (χ2n) is 5.83. The maximum Gasteiger partial charge on any atom is 0.222 e. The summed E-state index contributed by atoms with van der Waals surface area (Å²) in [6.45, 7) is 2.05. The number of nitrogens with one attached hydrogen (secondary N) is 1. The van der Waals surface area contributed by atoms with Crippen molar-refractivity contribution in [3.8, 4) is 0 Å². The quantitative estimate of drug-likeness (QED) is 0.744. The minimum Gasteiger partial charge on any atom is -0.355 e. The van der Waals surface area contributed by atoms with E-state index in [1.165, 1.54) is 5.56 Å². The van der Waals surface area contributed by atoms with Crippen LogP contribution in [-0.4, -0.2) is 42.1 Å². The Balaban J connectivity index is 1.53. The van der Waals surface area contributed by atoms with E-state index >= 15 is 0 Å². The van der Waals surface area contributed by atoms with Crippen molar-refractivity contribution in [2.75, 3.05) is 25.4 Å². The first kappa shape index (κ1) is 17.9. The van der Waals surface area contributed by atoms with Gasteiger partial charge in [-0.25, -0.2) is 0 Å². The van der Waals surface area contributed by atoms with Gasteiger partial charge < -0.3 is 10.2 Å². The van der Waals surface area contributed by atoms with E-state index in [0.29, 0.717) is 25.9 Å². The molecule has 0 aliphatic carbocycles. The van der Waals surface area contributed by atoms with Crippen LogP contribution in [0.3, 0.4) is 0 Å². The maximum atomic E-state index is 11.9. The molecule has 1 saturated heterocycles. The zero-order chi connectivity index (χ0) is 16.3. The molecule has 0 atom stereocenters. The summed E-state index contributed by atoms with van der Waals surface area (Å²) in [7, 11) is 0. The molecule has 0 saturated carbocycles. The number of nitrogens with zero attached hydrogens (tertiary/aromatic N) is 1. The van der Waals surface area contributed by atoms with Gasteiger partial charge in [-0.15, -0.1) is 0 Å². The van der Waals surface area contributed by atoms with Crippen LogP contribution in [0.1, 0.15) is 37.7 Å². The van der Waals surface area contributed by atoms with Crippen molar-refractivity contribution in [3.63, 3.8) is 0 Å². The molecule has 0 spiro atoms. The average molecular weight is 334 g/mol. The highest BCUT2D eigenvalue weighted by Gasteiger charge is 2.16. The van der Waals surface area contributed by atoms with Crippen LogP contribution in [0.2, 0.25) is 0 Å². The summed E-state index contributed by atoms with van der Waals surface area (Å²) in [4.78, 5) is 25.5. The lowest BCUT2D eigenvalue weighted by Crippen LogP contribution is -2.35. The largest absolute Gasteiger partial charge is 0.355 e. The number of benzene rings is 1. The average Bonchev–Trinajstić information content (AvgIpc) is 2.78. The Kier molecular flexibility index (Phi) is 8.01. The molecule has 1 aliphatic rings. The summed E-state index contributed by atoms with van der Waals surface area (Å²) in [6, 6.07) is 10.3. The van der Waals surface area contributed by atoms with E-state index in [2.05, 4.69) is 17.4 Å². The van der Waals surface area contributed by atoms with Gasteiger partial charge in [0.2, 0.25) is 11.8 Å². The monoisotopic (exact) mass is 334 g/mol. The summed E-state index contributed by atoms with van der Waals surface area (Å²) in [5, 5.41) is 2.94. The van der Waals surface area contributed by atoms with Gasteiger partial charge in [-0.2, -0.15) is 11.8 Å². The lowest BCUT2D eigenvalue weighted by Gasteiger charge is -2.20. The molecule has 1 aromatic rings. The fourth-order valence-electron chi connectivity index (χ4n) is 2.63. The number of carbonyl (C=O) groups is 2. The van der Waals surface area contributed by atoms with Crippen LogP contribution in [0.25, 0.3) is 0 Å². The Morgan fingerprint density at radius 3 is 2.83 bits per heavy atom. The van der Waals surface area contributed by atoms with Gasteiger partial charge in [-0.3, -0.25) is 9.59 Å². The van der Waals surface area contributed by atoms with Crippen LogP contribution in [0, 0.1) is 0 Å². The normalized spacial score (nSPS) is 15.3. The van der Waals surface area contributed by atoms with Crippen LogP contribution in [0.5, 0.6) is 0 Å². The van der Waals surface area contributed by atoms with E-state index in [-0.39, 0.29) is 11.8 Å². The van der Waals surface area contributed by atoms with E-state index in [4.69, 9.17) is 0 Å². The predicted molar refractivity (Wildman–Crippen MR) is 95.3 cm³/mol. The van der Waals surface area contributed by atoms with Gasteiger partial charge in [0, 0.05) is 44.0 Å². The van der Waals surface area contributed by atoms with Crippen molar-refractivity contribution in [1.29, 1.82) is 0 Å². The third kappa shape index (κ3) is 7.08. The van der Waals surface area contributed by atoms with Gasteiger partial charge in [0.1, 0.15) is 0 Å². The van der Waals surface area contributed by atoms with E-state index in [0.717, 1.165) is 37.3 Å². The molecule has 5 heteroatoms. The number of amides is 2. The number of thioether (sulfide) groups is 1. The molecule has 1 aliphatic heterocycles. The third-order valence-electron chi connectivity index (χ3n) is 3.96. The number of rotatable bonds is 8. The number of likely N-dealkylation sites (tertiary alicyclic amines) is 1. The number of carbonyl (C=O) groups excluding carboxylic acids is 2. The fourth-order valence-corrected chi connectivity index (χ4v) is 3.45. The zero-order valence-corrected chi connectivity index (χ0v) is 14.4. The van der Waals surface area contributed by atoms with E-state index < -0.39 is 0 Å². The predicted octanol–water partition coefficient (Wildman–Crippen LogP) is 2.83. The smallest absolute Gasteiger partial charge is 0.222 e. The topological polar surface area (TPSA) is 49.4 Å². The Hall–Kier alpha value is -1.49. The summed E-state index contributed by atoms with van der Waals surface area (Å²) < 4.78 is 0. The molecule has 1 N–H and O–H groups in total. The minimum absolute atomic E-state index is 0.0439. The molecule has 0 unspecified atom stereocenters. The van der Waals surface area contributed by atoms with E-state index in [9.17, 15) is 9.59 Å². The van der Waals surface area contributed by atoms with Gasteiger partial charge in [-0.05, 0) is 18.4 Å². The molecule has 1 fully saturated rings. The lowest BCUT2D eigenvalue weighted by atomic mass is 10.2. The molecule has 23 heavy (non-hydrogen) atoms. The minimum atomic E-state index is 0.0439. The van der Waals surface area contributed by atoms with Gasteiger partial charge >= 0.3 is 0 Å². The van der Waals surface area contributed by atoms with Crippen molar-refractivity contribution in [1.82, 2.24) is 10.2 Å². The Bertz CT molecular complexity index is 493. The Labute approximate surface area is 143 Å². The molecule has 1 heterocycles. The van der Waals surface area contributed by atoms with Crippen molar-refractivity contribution in [2.45, 2.75) is 37.9 Å². The van der Waals surface area contributed by atoms with Gasteiger partial charge in [0.15, 0.2) is 0 Å². The SMILES string of the molecule is O=C(CCN1CCCCCC1=O)NCCSCc1ccccc1. The van der Waals surface area contributed by atoms with Crippen molar-refractivity contribution in [3.05, 3.63) is 35.9 Å². The summed E-state index contributed by atoms with van der Waals surface area (Å²) in [5.41, 5.74) is 1.31. The number of hydrogen-bond donors (Lipinski definition) is 1. The second kappa shape index (κ2) is 10.3. The standard InChI is InChI=1S/C18H26N2O2S/c21-17(10-13-20-12-6-2-5-9-18(20)22)19-11-14-23-15-16-7-3-1-4-8-16/h1,3-4,7-8H,2,5-6,9-15H2,(H,19,21). The Morgan fingerprint density at radius 2 is 2.00 bits per heavy atom. The molecule has 0 radical (unpaired) electrons. The van der Waals surface area contributed by atoms with Crippen LogP contribution < -0.4 is 5.32 Å². The van der Waals surface area contributed by atoms with E-state index in [1.54, 1.807) is 0 Å². The molecule has 0 aromatic heterocycles. The molecular weight excluding hydrogens is 308 g/mol. The van der Waals surface area contributed by atoms with Crippen molar-refractivity contribution in [2.24, 2.45) is 0 Å². The van der Waals surface area contributed by atoms with Crippen molar-refractivity contribution < 1.29 is 9.59 Å². The van der Waals surface area contributed by atoms with Gasteiger partial charge in [0.05, 0.1) is 0 Å². The molecule has 126 valence electrons. The highest BCUT2D eigenvalue weighted by molar-refractivity contribution is 7.98. The first-order chi connectivity index (χ1) is 11.3. The molecule has 0 bridgehead atoms. The van der Waals surface area contributed by atoms with E-state index in [1.807, 2.05) is 34.9 Å². The van der Waals surface area contributed by atoms with Crippen LogP contribution in [0.4, 0.5) is 0 Å². The Morgan fingerprint density at radius 1 is 1.17 bits per heavy atom. The van der Waals surface area contributed by atoms with Crippen molar-refractivity contribution >= 4 is 23.6 Å². The zero-order valence-electron chi connectivity index (χ0n) is 13.6. The summed E-state index contributed by atoms with van der Waals surface area (Å²) in [6.07, 6.45) is 4.21. The van der Waals surface area contributed by atoms with Gasteiger partial charge in [-0.1, -0.05) is 36.8 Å². The first-order valence-electron chi connectivity index (χ1n) is 8.42. The molecule has 1 aromatic carbocycles. The maximum absolute atomic E-state index is 11.9. The summed E-state index contributed by atoms with van der Waals surface area (Å²) >= 11 is 1.82. The molecule has 4 nitrogen and oxygen atoms in total. The molecule has 2 amide bonds. The number of hydrogen-bond acceptors (Lipinski definition) is 3. The highest BCUT2D eigenvalue weighted by Crippen LogP contribution is 2.12. The molecule has 2 rings (SSSR count). The molecular formula is C18H26N2O2S. The van der Waals surface area contributed by atoms with Crippen LogP contribution in [0.15, 0.2) is 30.3 Å². The van der Waals surface area contributed by atoms with Crippen LogP contribution in [-0.2, 0) is 15.3 Å². The fraction of sp³-hybridized carbons (Fsp3) is 0.556. The highest BCUT2D eigenvalue weighted by atomic mass is 32.2. The third-order valence-corrected chi connectivity index (χ3v) is 4.99. The second-order valence-corrected chi connectivity index (χ2v) is 6.93. The first-order valence-corrected chi connectivity index (χ1v) is 9.57. The lowest BCUT2D eigenvalue weighted by molar-refractivity contribution is -0.131. The van der Waals surface area contributed by atoms with Gasteiger partial charge in [0.25, 0.3) is 0 Å².